The lowest BCUT2D eigenvalue weighted by molar-refractivity contribution is -0.660. The molecule has 0 spiro atoms. The third-order valence-corrected chi connectivity index (χ3v) is 4.32. The first-order valence-electron chi connectivity index (χ1n) is 7.58. The van der Waals surface area contributed by atoms with Gasteiger partial charge in [-0.05, 0) is 42.8 Å². The Kier molecular flexibility index (Phi) is 3.10. The third-order valence-electron chi connectivity index (χ3n) is 4.32. The molecule has 0 atom stereocenters. The van der Waals surface area contributed by atoms with E-state index in [1.165, 1.54) is 12.1 Å². The van der Waals surface area contributed by atoms with Crippen molar-refractivity contribution in [2.45, 2.75) is 6.92 Å². The molecule has 0 aliphatic carbocycles. The number of halogens is 1. The summed E-state index contributed by atoms with van der Waals surface area (Å²) in [5, 5.41) is 1.31. The van der Waals surface area contributed by atoms with E-state index in [1.807, 2.05) is 49.0 Å². The molecule has 2 aromatic heterocycles. The minimum Gasteiger partial charge on any atom is -0.457 e. The zero-order valence-electron chi connectivity index (χ0n) is 13.3. The number of rotatable bonds is 1. The maximum absolute atomic E-state index is 13.7. The molecule has 4 aromatic rings. The van der Waals surface area contributed by atoms with Crippen molar-refractivity contribution in [1.82, 2.24) is 0 Å². The molecule has 0 bridgehead atoms. The largest absolute Gasteiger partial charge is 0.457 e. The van der Waals surface area contributed by atoms with E-state index in [2.05, 4.69) is 4.85 Å². The summed E-state index contributed by atoms with van der Waals surface area (Å²) in [5.41, 5.74) is 4.44. The van der Waals surface area contributed by atoms with Crippen LogP contribution in [0.3, 0.4) is 0 Å². The molecule has 0 saturated heterocycles. The lowest BCUT2D eigenvalue weighted by Gasteiger charge is -2.08. The number of hydrogen-bond donors (Lipinski definition) is 0. The number of hydrogen-bond acceptors (Lipinski definition) is 1. The molecule has 0 aliphatic rings. The fraction of sp³-hybridized carbons (Fsp3) is 0.100. The number of aromatic nitrogens is 1. The first kappa shape index (κ1) is 14.4. The van der Waals surface area contributed by atoms with Gasteiger partial charge in [0.05, 0.1) is 12.1 Å². The maximum Gasteiger partial charge on any atom is 0.212 e. The number of benzene rings is 2. The summed E-state index contributed by atoms with van der Waals surface area (Å²) in [5.74, 6) is -0.339. The number of fused-ring (bicyclic) bond motifs is 3. The first-order chi connectivity index (χ1) is 11.6. The van der Waals surface area contributed by atoms with Crippen molar-refractivity contribution in [1.29, 1.82) is 0 Å². The van der Waals surface area contributed by atoms with Gasteiger partial charge < -0.3 is 4.42 Å². The summed E-state index contributed by atoms with van der Waals surface area (Å²) >= 11 is 0. The monoisotopic (exact) mass is 317 g/mol. The SMILES string of the molecule is [C-]#[N+]c1c(-c2cccc[n+]2C)c(C)cc2oc3ccc(F)cc3c12. The smallest absolute Gasteiger partial charge is 0.212 e. The standard InChI is InChI=1S/C20H14FN2O/c1-12-10-17-19(14-11-13(21)7-8-16(14)24-17)20(22-2)18(12)15-6-4-5-9-23(15)3/h4-11H,1,3H3/q+1. The van der Waals surface area contributed by atoms with E-state index < -0.39 is 0 Å². The van der Waals surface area contributed by atoms with E-state index >= 15 is 0 Å². The highest BCUT2D eigenvalue weighted by Gasteiger charge is 2.23. The second-order valence-corrected chi connectivity index (χ2v) is 5.84. The fourth-order valence-electron chi connectivity index (χ4n) is 3.23. The van der Waals surface area contributed by atoms with Gasteiger partial charge in [0.25, 0.3) is 0 Å². The molecule has 0 amide bonds. The quantitative estimate of drug-likeness (QED) is 0.354. The Bertz CT molecular complexity index is 1150. The summed E-state index contributed by atoms with van der Waals surface area (Å²) in [6, 6.07) is 12.2. The van der Waals surface area contributed by atoms with E-state index in [1.54, 1.807) is 6.07 Å². The van der Waals surface area contributed by atoms with Gasteiger partial charge in [0, 0.05) is 22.9 Å². The molecule has 4 rings (SSSR count). The molecule has 2 aromatic carbocycles. The normalized spacial score (nSPS) is 11.1. The van der Waals surface area contributed by atoms with Crippen LogP contribution >= 0.6 is 0 Å². The van der Waals surface area contributed by atoms with Crippen molar-refractivity contribution in [3.05, 3.63) is 71.5 Å². The Morgan fingerprint density at radius 2 is 1.96 bits per heavy atom. The van der Waals surface area contributed by atoms with Crippen LogP contribution in [0.5, 0.6) is 0 Å². The van der Waals surface area contributed by atoms with Gasteiger partial charge in [0.2, 0.25) is 11.4 Å². The van der Waals surface area contributed by atoms with E-state index in [-0.39, 0.29) is 5.82 Å². The Labute approximate surface area is 138 Å². The number of furan rings is 1. The van der Waals surface area contributed by atoms with Crippen molar-refractivity contribution in [3.8, 4) is 11.3 Å². The van der Waals surface area contributed by atoms with E-state index in [0.717, 1.165) is 16.8 Å². The zero-order valence-corrected chi connectivity index (χ0v) is 13.3. The lowest BCUT2D eigenvalue weighted by Crippen LogP contribution is -2.30. The molecule has 4 heteroatoms. The summed E-state index contributed by atoms with van der Waals surface area (Å²) < 4.78 is 21.5. The molecule has 2 heterocycles. The highest BCUT2D eigenvalue weighted by molar-refractivity contribution is 6.15. The van der Waals surface area contributed by atoms with Gasteiger partial charge in [0.15, 0.2) is 6.20 Å². The van der Waals surface area contributed by atoms with Gasteiger partial charge in [-0.2, -0.15) is 0 Å². The van der Waals surface area contributed by atoms with Gasteiger partial charge in [0.1, 0.15) is 24.0 Å². The molecule has 0 radical (unpaired) electrons. The summed E-state index contributed by atoms with van der Waals surface area (Å²) in [4.78, 5) is 3.78. The molecule has 0 saturated carbocycles. The van der Waals surface area contributed by atoms with Gasteiger partial charge in [-0.3, -0.25) is 0 Å². The summed E-state index contributed by atoms with van der Waals surface area (Å²) in [6.45, 7) is 9.69. The molecular weight excluding hydrogens is 303 g/mol. The molecule has 116 valence electrons. The second-order valence-electron chi connectivity index (χ2n) is 5.84. The average molecular weight is 317 g/mol. The summed E-state index contributed by atoms with van der Waals surface area (Å²) in [7, 11) is 1.94. The lowest BCUT2D eigenvalue weighted by atomic mass is 9.98. The van der Waals surface area contributed by atoms with Crippen LogP contribution in [0.4, 0.5) is 10.1 Å². The maximum atomic E-state index is 13.7. The van der Waals surface area contributed by atoms with Gasteiger partial charge in [-0.25, -0.2) is 13.8 Å². The molecule has 0 fully saturated rings. The highest BCUT2D eigenvalue weighted by atomic mass is 19.1. The Morgan fingerprint density at radius 1 is 1.12 bits per heavy atom. The van der Waals surface area contributed by atoms with Crippen LogP contribution < -0.4 is 4.57 Å². The predicted molar refractivity (Wildman–Crippen MR) is 91.3 cm³/mol. The van der Waals surface area contributed by atoms with Crippen LogP contribution in [0.25, 0.3) is 38.0 Å². The van der Waals surface area contributed by atoms with Gasteiger partial charge in [-0.1, -0.05) is 0 Å². The Balaban J connectivity index is 2.21. The highest BCUT2D eigenvalue weighted by Crippen LogP contribution is 2.43. The Morgan fingerprint density at radius 3 is 2.71 bits per heavy atom. The first-order valence-corrected chi connectivity index (χ1v) is 7.58. The van der Waals surface area contributed by atoms with Crippen LogP contribution in [0, 0.1) is 19.3 Å². The van der Waals surface area contributed by atoms with Crippen molar-refractivity contribution < 1.29 is 13.4 Å². The topological polar surface area (TPSA) is 21.4 Å². The second kappa shape index (κ2) is 5.17. The minimum absolute atomic E-state index is 0.339. The van der Waals surface area contributed by atoms with Crippen molar-refractivity contribution in [3.63, 3.8) is 0 Å². The number of nitrogens with zero attached hydrogens (tertiary/aromatic N) is 2. The third kappa shape index (κ3) is 1.99. The van der Waals surface area contributed by atoms with Crippen LogP contribution in [-0.4, -0.2) is 0 Å². The molecule has 0 unspecified atom stereocenters. The fourth-order valence-corrected chi connectivity index (χ4v) is 3.23. The van der Waals surface area contributed by atoms with E-state index in [9.17, 15) is 4.39 Å². The van der Waals surface area contributed by atoms with Crippen LogP contribution in [0.1, 0.15) is 5.56 Å². The van der Waals surface area contributed by atoms with Gasteiger partial charge in [-0.15, -0.1) is 0 Å². The molecule has 3 nitrogen and oxygen atoms in total. The molecule has 24 heavy (non-hydrogen) atoms. The van der Waals surface area contributed by atoms with E-state index in [4.69, 9.17) is 11.0 Å². The predicted octanol–water partition coefficient (Wildman–Crippen LogP) is 5.08. The van der Waals surface area contributed by atoms with Crippen LogP contribution in [-0.2, 0) is 7.05 Å². The minimum atomic E-state index is -0.339. The molecule has 0 aliphatic heterocycles. The van der Waals surface area contributed by atoms with Crippen molar-refractivity contribution >= 4 is 27.6 Å². The summed E-state index contributed by atoms with van der Waals surface area (Å²) in [6.07, 6.45) is 1.94. The van der Waals surface area contributed by atoms with E-state index in [0.29, 0.717) is 27.6 Å². The van der Waals surface area contributed by atoms with Crippen LogP contribution in [0.15, 0.2) is 53.1 Å². The average Bonchev–Trinajstić information content (AvgIpc) is 2.91. The molecular formula is C20H14FN2O+. The van der Waals surface area contributed by atoms with Crippen molar-refractivity contribution in [2.24, 2.45) is 7.05 Å². The van der Waals surface area contributed by atoms with Crippen LogP contribution in [0.2, 0.25) is 0 Å². The number of aryl methyl sites for hydroxylation is 2. The number of pyridine rings is 1. The zero-order chi connectivity index (χ0) is 16.8. The van der Waals surface area contributed by atoms with Gasteiger partial charge >= 0.3 is 0 Å². The Hall–Kier alpha value is -3.19. The van der Waals surface area contributed by atoms with Crippen molar-refractivity contribution in [2.75, 3.05) is 0 Å². The molecule has 0 N–H and O–H groups in total.